The number of morpholine rings is 1. The molecule has 1 saturated heterocycles. The van der Waals surface area contributed by atoms with Gasteiger partial charge in [0.2, 0.25) is 5.91 Å². The van der Waals surface area contributed by atoms with E-state index in [-0.39, 0.29) is 18.0 Å². The van der Waals surface area contributed by atoms with E-state index in [2.05, 4.69) is 15.2 Å². The summed E-state index contributed by atoms with van der Waals surface area (Å²) in [5, 5.41) is 2.80. The van der Waals surface area contributed by atoms with E-state index in [1.54, 1.807) is 12.1 Å². The van der Waals surface area contributed by atoms with Crippen LogP contribution < -0.4 is 15.8 Å². The normalized spacial score (nSPS) is 14.1. The molecule has 8 heteroatoms. The molecule has 1 amide bonds. The molecule has 1 aromatic carbocycles. The van der Waals surface area contributed by atoms with Crippen LogP contribution in [0.5, 0.6) is 0 Å². The number of ether oxygens (including phenoxy) is 1. The number of nitrogens with zero attached hydrogens (tertiary/aromatic N) is 3. The van der Waals surface area contributed by atoms with Crippen LogP contribution in [0.15, 0.2) is 64.3 Å². The van der Waals surface area contributed by atoms with Gasteiger partial charge in [-0.1, -0.05) is 0 Å². The molecule has 0 spiro atoms. The average molecular weight is 380 g/mol. The van der Waals surface area contributed by atoms with Crippen molar-refractivity contribution in [3.05, 3.63) is 65.4 Å². The Bertz CT molecular complexity index is 990. The largest absolute Gasteiger partial charge is 0.463 e. The van der Waals surface area contributed by atoms with Crippen LogP contribution in [0.4, 0.5) is 11.4 Å². The topological polar surface area (TPSA) is 89.6 Å². The van der Waals surface area contributed by atoms with E-state index >= 15 is 0 Å². The van der Waals surface area contributed by atoms with E-state index < -0.39 is 0 Å². The van der Waals surface area contributed by atoms with Gasteiger partial charge in [-0.2, -0.15) is 0 Å². The molecule has 144 valence electrons. The lowest BCUT2D eigenvalue weighted by atomic mass is 10.2. The van der Waals surface area contributed by atoms with Crippen molar-refractivity contribution >= 4 is 17.3 Å². The Morgan fingerprint density at radius 3 is 2.61 bits per heavy atom. The summed E-state index contributed by atoms with van der Waals surface area (Å²) in [5.74, 6) is 0.211. The number of amides is 1. The Morgan fingerprint density at radius 1 is 1.14 bits per heavy atom. The van der Waals surface area contributed by atoms with Crippen molar-refractivity contribution in [1.29, 1.82) is 0 Å². The number of anilines is 2. The highest BCUT2D eigenvalue weighted by atomic mass is 16.5. The number of nitrogens with one attached hydrogen (secondary N) is 1. The van der Waals surface area contributed by atoms with Crippen LogP contribution >= 0.6 is 0 Å². The van der Waals surface area contributed by atoms with Crippen LogP contribution in [0.3, 0.4) is 0 Å². The lowest BCUT2D eigenvalue weighted by Crippen LogP contribution is -2.36. The van der Waals surface area contributed by atoms with E-state index in [0.717, 1.165) is 32.0 Å². The molecule has 0 aliphatic carbocycles. The van der Waals surface area contributed by atoms with E-state index in [0.29, 0.717) is 17.1 Å². The minimum atomic E-state index is -0.320. The number of aromatic nitrogens is 2. The lowest BCUT2D eigenvalue weighted by Gasteiger charge is -2.28. The highest BCUT2D eigenvalue weighted by Crippen LogP contribution is 2.19. The number of hydrogen-bond acceptors (Lipinski definition) is 6. The smallest absolute Gasteiger partial charge is 0.254 e. The van der Waals surface area contributed by atoms with Crippen molar-refractivity contribution < 1.29 is 13.9 Å². The standard InChI is InChI=1S/C20H20N4O4/c25-19(13-24-14-21-17(12-20(24)26)18-2-1-9-28-18)22-15-3-5-16(6-4-15)23-7-10-27-11-8-23/h1-6,9,12,14H,7-8,10-11,13H2,(H,22,25). The molecule has 3 heterocycles. The quantitative estimate of drug-likeness (QED) is 0.728. The third kappa shape index (κ3) is 4.12. The molecular weight excluding hydrogens is 360 g/mol. The van der Waals surface area contributed by atoms with Crippen molar-refractivity contribution in [1.82, 2.24) is 9.55 Å². The molecular formula is C20H20N4O4. The van der Waals surface area contributed by atoms with Crippen LogP contribution in [0.2, 0.25) is 0 Å². The maximum Gasteiger partial charge on any atom is 0.254 e. The zero-order valence-corrected chi connectivity index (χ0v) is 15.2. The van der Waals surface area contributed by atoms with Crippen LogP contribution in [0.1, 0.15) is 0 Å². The number of rotatable bonds is 5. The fraction of sp³-hybridized carbons (Fsp3) is 0.250. The van der Waals surface area contributed by atoms with E-state index in [4.69, 9.17) is 9.15 Å². The summed E-state index contributed by atoms with van der Waals surface area (Å²) in [6.45, 7) is 3.04. The second kappa shape index (κ2) is 8.10. The third-order valence-electron chi connectivity index (χ3n) is 4.49. The van der Waals surface area contributed by atoms with E-state index in [1.165, 1.54) is 23.2 Å². The predicted molar refractivity (Wildman–Crippen MR) is 104 cm³/mol. The van der Waals surface area contributed by atoms with E-state index in [9.17, 15) is 9.59 Å². The SMILES string of the molecule is O=C(Cn1cnc(-c2ccco2)cc1=O)Nc1ccc(N2CCOCC2)cc1. The molecule has 4 rings (SSSR count). The first-order chi connectivity index (χ1) is 13.7. The molecule has 0 saturated carbocycles. The molecule has 3 aromatic rings. The van der Waals surface area contributed by atoms with Crippen molar-refractivity contribution in [3.8, 4) is 11.5 Å². The Hall–Kier alpha value is -3.39. The van der Waals surface area contributed by atoms with Gasteiger partial charge in [0.15, 0.2) is 5.76 Å². The Kier molecular flexibility index (Phi) is 5.20. The van der Waals surface area contributed by atoms with Gasteiger partial charge in [0.25, 0.3) is 5.56 Å². The molecule has 2 aromatic heterocycles. The summed E-state index contributed by atoms with van der Waals surface area (Å²) in [6.07, 6.45) is 2.86. The Labute approximate surface area is 161 Å². The molecule has 0 bridgehead atoms. The molecule has 1 aliphatic heterocycles. The second-order valence-corrected chi connectivity index (χ2v) is 6.41. The highest BCUT2D eigenvalue weighted by Gasteiger charge is 2.12. The predicted octanol–water partition coefficient (Wildman–Crippen LogP) is 1.98. The minimum Gasteiger partial charge on any atom is -0.463 e. The summed E-state index contributed by atoms with van der Waals surface area (Å²) in [7, 11) is 0. The lowest BCUT2D eigenvalue weighted by molar-refractivity contribution is -0.116. The van der Waals surface area contributed by atoms with Crippen LogP contribution in [-0.4, -0.2) is 41.8 Å². The van der Waals surface area contributed by atoms with Crippen molar-refractivity contribution in [2.45, 2.75) is 6.54 Å². The van der Waals surface area contributed by atoms with Gasteiger partial charge in [0, 0.05) is 30.5 Å². The molecule has 0 unspecified atom stereocenters. The van der Waals surface area contributed by atoms with Gasteiger partial charge in [0.1, 0.15) is 12.2 Å². The van der Waals surface area contributed by atoms with Gasteiger partial charge in [-0.15, -0.1) is 0 Å². The number of furan rings is 1. The molecule has 0 atom stereocenters. The minimum absolute atomic E-state index is 0.116. The van der Waals surface area contributed by atoms with Gasteiger partial charge < -0.3 is 19.4 Å². The molecule has 0 radical (unpaired) electrons. The summed E-state index contributed by atoms with van der Waals surface area (Å²) in [5.41, 5.74) is 1.88. The zero-order valence-electron chi connectivity index (χ0n) is 15.2. The van der Waals surface area contributed by atoms with Crippen LogP contribution in [0, 0.1) is 0 Å². The van der Waals surface area contributed by atoms with Crippen molar-refractivity contribution in [3.63, 3.8) is 0 Å². The second-order valence-electron chi connectivity index (χ2n) is 6.41. The molecule has 1 fully saturated rings. The molecule has 8 nitrogen and oxygen atoms in total. The number of carbonyl (C=O) groups is 1. The first-order valence-electron chi connectivity index (χ1n) is 9.02. The first-order valence-corrected chi connectivity index (χ1v) is 9.02. The summed E-state index contributed by atoms with van der Waals surface area (Å²) < 4.78 is 11.8. The van der Waals surface area contributed by atoms with Crippen molar-refractivity contribution in [2.24, 2.45) is 0 Å². The monoisotopic (exact) mass is 380 g/mol. The van der Waals surface area contributed by atoms with Gasteiger partial charge >= 0.3 is 0 Å². The number of hydrogen-bond donors (Lipinski definition) is 1. The van der Waals surface area contributed by atoms with Gasteiger partial charge in [-0.05, 0) is 36.4 Å². The first kappa shape index (κ1) is 18.0. The fourth-order valence-corrected chi connectivity index (χ4v) is 3.04. The zero-order chi connectivity index (χ0) is 19.3. The average Bonchev–Trinajstić information content (AvgIpc) is 3.26. The Balaban J connectivity index is 1.38. The van der Waals surface area contributed by atoms with Crippen LogP contribution in [-0.2, 0) is 16.1 Å². The number of benzene rings is 1. The molecule has 1 aliphatic rings. The fourth-order valence-electron chi connectivity index (χ4n) is 3.04. The summed E-state index contributed by atoms with van der Waals surface area (Å²) in [4.78, 5) is 30.9. The maximum absolute atomic E-state index is 12.3. The summed E-state index contributed by atoms with van der Waals surface area (Å²) >= 11 is 0. The molecule has 1 N–H and O–H groups in total. The van der Waals surface area contributed by atoms with Crippen LogP contribution in [0.25, 0.3) is 11.5 Å². The Morgan fingerprint density at radius 2 is 1.93 bits per heavy atom. The summed E-state index contributed by atoms with van der Waals surface area (Å²) in [6, 6.07) is 12.4. The molecule has 28 heavy (non-hydrogen) atoms. The van der Waals surface area contributed by atoms with Gasteiger partial charge in [0.05, 0.1) is 25.8 Å². The highest BCUT2D eigenvalue weighted by molar-refractivity contribution is 5.90. The van der Waals surface area contributed by atoms with Gasteiger partial charge in [-0.3, -0.25) is 14.2 Å². The number of carbonyl (C=O) groups excluding carboxylic acids is 1. The van der Waals surface area contributed by atoms with E-state index in [1.807, 2.05) is 24.3 Å². The third-order valence-corrected chi connectivity index (χ3v) is 4.49. The van der Waals surface area contributed by atoms with Gasteiger partial charge in [-0.25, -0.2) is 4.98 Å². The maximum atomic E-state index is 12.3. The van der Waals surface area contributed by atoms with Crippen molar-refractivity contribution in [2.75, 3.05) is 36.5 Å².